The first-order valence-electron chi connectivity index (χ1n) is 9.05. The van der Waals surface area contributed by atoms with E-state index < -0.39 is 0 Å². The summed E-state index contributed by atoms with van der Waals surface area (Å²) < 4.78 is 0. The van der Waals surface area contributed by atoms with E-state index in [2.05, 4.69) is 37.9 Å². The Bertz CT molecular complexity index is 291. The van der Waals surface area contributed by atoms with Crippen molar-refractivity contribution in [3.8, 4) is 0 Å². The average Bonchev–Trinajstić information content (AvgIpc) is 2.63. The highest BCUT2D eigenvalue weighted by molar-refractivity contribution is 5.76. The number of likely N-dealkylation sites (tertiary alicyclic amines) is 1. The summed E-state index contributed by atoms with van der Waals surface area (Å²) in [5.41, 5.74) is 0. The van der Waals surface area contributed by atoms with Crippen LogP contribution in [-0.4, -0.2) is 36.5 Å². The first-order valence-corrected chi connectivity index (χ1v) is 9.05. The summed E-state index contributed by atoms with van der Waals surface area (Å²) in [6, 6.07) is 0.607. The topological polar surface area (TPSA) is 32.3 Å². The van der Waals surface area contributed by atoms with Crippen molar-refractivity contribution in [3.63, 3.8) is 0 Å². The zero-order valence-electron chi connectivity index (χ0n) is 14.7. The van der Waals surface area contributed by atoms with Gasteiger partial charge in [0.2, 0.25) is 5.91 Å². The highest BCUT2D eigenvalue weighted by atomic mass is 16.2. The van der Waals surface area contributed by atoms with Gasteiger partial charge in [0.05, 0.1) is 0 Å². The second kappa shape index (κ2) is 10.2. The summed E-state index contributed by atoms with van der Waals surface area (Å²) in [7, 11) is 0. The fourth-order valence-electron chi connectivity index (χ4n) is 3.21. The standard InChI is InChI=1S/C18H36N2O/c1-5-12-19-16(4)8-6-7-13-20-14-11-17(15(2)3)9-10-18(20)21/h15-17,19H,5-14H2,1-4H3. The Balaban J connectivity index is 2.20. The molecule has 1 amide bonds. The Morgan fingerprint density at radius 2 is 2.00 bits per heavy atom. The summed E-state index contributed by atoms with van der Waals surface area (Å²) in [6.45, 7) is 12.1. The molecule has 1 heterocycles. The number of hydrogen-bond acceptors (Lipinski definition) is 2. The van der Waals surface area contributed by atoms with Crippen LogP contribution in [-0.2, 0) is 4.79 Å². The number of unbranched alkanes of at least 4 members (excludes halogenated alkanes) is 1. The van der Waals surface area contributed by atoms with Crippen molar-refractivity contribution in [1.29, 1.82) is 0 Å². The molecule has 0 bridgehead atoms. The second-order valence-corrected chi connectivity index (χ2v) is 7.06. The fraction of sp³-hybridized carbons (Fsp3) is 0.944. The summed E-state index contributed by atoms with van der Waals surface area (Å²) >= 11 is 0. The predicted octanol–water partition coefficient (Wildman–Crippen LogP) is 3.83. The maximum absolute atomic E-state index is 12.2. The molecule has 124 valence electrons. The van der Waals surface area contributed by atoms with Crippen molar-refractivity contribution >= 4 is 5.91 Å². The predicted molar refractivity (Wildman–Crippen MR) is 90.4 cm³/mol. The van der Waals surface area contributed by atoms with Gasteiger partial charge in [0.15, 0.2) is 0 Å². The minimum Gasteiger partial charge on any atom is -0.343 e. The molecule has 1 saturated heterocycles. The quantitative estimate of drug-likeness (QED) is 0.656. The minimum absolute atomic E-state index is 0.385. The maximum Gasteiger partial charge on any atom is 0.222 e. The molecule has 2 atom stereocenters. The lowest BCUT2D eigenvalue weighted by molar-refractivity contribution is -0.130. The van der Waals surface area contributed by atoms with E-state index in [4.69, 9.17) is 0 Å². The van der Waals surface area contributed by atoms with Crippen LogP contribution in [0.15, 0.2) is 0 Å². The van der Waals surface area contributed by atoms with Crippen LogP contribution in [0.3, 0.4) is 0 Å². The van der Waals surface area contributed by atoms with Gasteiger partial charge in [-0.2, -0.15) is 0 Å². The molecule has 0 aromatic heterocycles. The lowest BCUT2D eigenvalue weighted by Gasteiger charge is -2.22. The summed E-state index contributed by atoms with van der Waals surface area (Å²) in [6.07, 6.45) is 7.83. The van der Waals surface area contributed by atoms with Crippen molar-refractivity contribution in [2.45, 2.75) is 78.7 Å². The van der Waals surface area contributed by atoms with E-state index in [9.17, 15) is 4.79 Å². The highest BCUT2D eigenvalue weighted by Crippen LogP contribution is 2.25. The number of carbonyl (C=O) groups is 1. The number of rotatable bonds is 9. The fourth-order valence-corrected chi connectivity index (χ4v) is 3.21. The van der Waals surface area contributed by atoms with Gasteiger partial charge in [-0.3, -0.25) is 4.79 Å². The molecule has 0 aromatic rings. The third kappa shape index (κ3) is 7.30. The van der Waals surface area contributed by atoms with E-state index in [1.54, 1.807) is 0 Å². The van der Waals surface area contributed by atoms with Crippen molar-refractivity contribution in [3.05, 3.63) is 0 Å². The van der Waals surface area contributed by atoms with Crippen molar-refractivity contribution in [2.75, 3.05) is 19.6 Å². The van der Waals surface area contributed by atoms with Crippen LogP contribution < -0.4 is 5.32 Å². The average molecular weight is 296 g/mol. The summed E-state index contributed by atoms with van der Waals surface area (Å²) in [5.74, 6) is 1.83. The Morgan fingerprint density at radius 1 is 1.24 bits per heavy atom. The number of hydrogen-bond donors (Lipinski definition) is 1. The van der Waals surface area contributed by atoms with E-state index in [1.165, 1.54) is 25.7 Å². The Hall–Kier alpha value is -0.570. The van der Waals surface area contributed by atoms with E-state index in [0.717, 1.165) is 44.8 Å². The van der Waals surface area contributed by atoms with Gasteiger partial charge in [0, 0.05) is 25.6 Å². The Labute approximate surface area is 131 Å². The summed E-state index contributed by atoms with van der Waals surface area (Å²) in [4.78, 5) is 14.3. The zero-order valence-corrected chi connectivity index (χ0v) is 14.7. The minimum atomic E-state index is 0.385. The van der Waals surface area contributed by atoms with Crippen LogP contribution in [0.2, 0.25) is 0 Å². The molecule has 1 fully saturated rings. The van der Waals surface area contributed by atoms with Gasteiger partial charge in [0.1, 0.15) is 0 Å². The Kier molecular flexibility index (Phi) is 8.98. The zero-order chi connectivity index (χ0) is 15.7. The second-order valence-electron chi connectivity index (χ2n) is 7.06. The normalized spacial score (nSPS) is 21.7. The molecule has 1 rings (SSSR count). The van der Waals surface area contributed by atoms with Crippen LogP contribution in [0.5, 0.6) is 0 Å². The third-order valence-electron chi connectivity index (χ3n) is 4.85. The van der Waals surface area contributed by atoms with Gasteiger partial charge in [-0.1, -0.05) is 27.2 Å². The number of nitrogens with zero attached hydrogens (tertiary/aromatic N) is 1. The van der Waals surface area contributed by atoms with Crippen molar-refractivity contribution in [2.24, 2.45) is 11.8 Å². The molecule has 0 spiro atoms. The van der Waals surface area contributed by atoms with E-state index >= 15 is 0 Å². The van der Waals surface area contributed by atoms with E-state index in [0.29, 0.717) is 17.9 Å². The van der Waals surface area contributed by atoms with Gasteiger partial charge >= 0.3 is 0 Å². The van der Waals surface area contributed by atoms with E-state index in [1.807, 2.05) is 0 Å². The van der Waals surface area contributed by atoms with Crippen molar-refractivity contribution in [1.82, 2.24) is 10.2 Å². The van der Waals surface area contributed by atoms with Crippen LogP contribution in [0.25, 0.3) is 0 Å². The first kappa shape index (κ1) is 18.5. The molecule has 0 saturated carbocycles. The lowest BCUT2D eigenvalue weighted by atomic mass is 9.89. The Morgan fingerprint density at radius 3 is 2.67 bits per heavy atom. The van der Waals surface area contributed by atoms with Gasteiger partial charge in [-0.05, 0) is 57.4 Å². The smallest absolute Gasteiger partial charge is 0.222 e. The molecule has 3 nitrogen and oxygen atoms in total. The van der Waals surface area contributed by atoms with Gasteiger partial charge in [-0.25, -0.2) is 0 Å². The maximum atomic E-state index is 12.2. The largest absolute Gasteiger partial charge is 0.343 e. The highest BCUT2D eigenvalue weighted by Gasteiger charge is 2.23. The molecule has 1 aliphatic rings. The van der Waals surface area contributed by atoms with Crippen molar-refractivity contribution < 1.29 is 4.79 Å². The molecular weight excluding hydrogens is 260 g/mol. The number of amides is 1. The van der Waals surface area contributed by atoms with E-state index in [-0.39, 0.29) is 0 Å². The van der Waals surface area contributed by atoms with Gasteiger partial charge in [-0.15, -0.1) is 0 Å². The van der Waals surface area contributed by atoms with Gasteiger partial charge < -0.3 is 10.2 Å². The molecule has 1 N–H and O–H groups in total. The third-order valence-corrected chi connectivity index (χ3v) is 4.85. The van der Waals surface area contributed by atoms with Crippen LogP contribution in [0.1, 0.15) is 72.6 Å². The molecular formula is C18H36N2O. The van der Waals surface area contributed by atoms with Crippen LogP contribution in [0.4, 0.5) is 0 Å². The monoisotopic (exact) mass is 296 g/mol. The first-order chi connectivity index (χ1) is 10.0. The number of nitrogens with one attached hydrogen (secondary N) is 1. The molecule has 2 unspecified atom stereocenters. The van der Waals surface area contributed by atoms with Crippen LogP contribution in [0, 0.1) is 11.8 Å². The molecule has 21 heavy (non-hydrogen) atoms. The molecule has 3 heteroatoms. The molecule has 0 aromatic carbocycles. The number of carbonyl (C=O) groups excluding carboxylic acids is 1. The lowest BCUT2D eigenvalue weighted by Crippen LogP contribution is -2.32. The molecule has 0 aliphatic carbocycles. The molecule has 1 aliphatic heterocycles. The van der Waals surface area contributed by atoms with Gasteiger partial charge in [0.25, 0.3) is 0 Å². The van der Waals surface area contributed by atoms with Crippen LogP contribution >= 0.6 is 0 Å². The SMILES string of the molecule is CCCNC(C)CCCCN1CCC(C(C)C)CCC1=O. The molecule has 0 radical (unpaired) electrons. The summed E-state index contributed by atoms with van der Waals surface area (Å²) in [5, 5.41) is 3.53.